The second kappa shape index (κ2) is 5.95. The molecular formula is C16H19FN2. The highest BCUT2D eigenvalue weighted by molar-refractivity contribution is 5.65. The summed E-state index contributed by atoms with van der Waals surface area (Å²) in [6.07, 6.45) is 0. The summed E-state index contributed by atoms with van der Waals surface area (Å²) >= 11 is 0. The van der Waals surface area contributed by atoms with Crippen LogP contribution in [0.1, 0.15) is 11.1 Å². The molecule has 0 saturated carbocycles. The van der Waals surface area contributed by atoms with Crippen LogP contribution < -0.4 is 5.73 Å². The lowest BCUT2D eigenvalue weighted by Gasteiger charge is -2.11. The molecule has 0 radical (unpaired) electrons. The van der Waals surface area contributed by atoms with Crippen molar-refractivity contribution in [3.8, 4) is 11.1 Å². The van der Waals surface area contributed by atoms with Gasteiger partial charge in [0.1, 0.15) is 5.82 Å². The summed E-state index contributed by atoms with van der Waals surface area (Å²) in [6.45, 7) is 1.30. The maximum absolute atomic E-state index is 13.9. The number of hydrogen-bond donors (Lipinski definition) is 1. The molecule has 0 aromatic heterocycles. The van der Waals surface area contributed by atoms with E-state index in [9.17, 15) is 4.39 Å². The van der Waals surface area contributed by atoms with Crippen molar-refractivity contribution in [2.75, 3.05) is 14.1 Å². The van der Waals surface area contributed by atoms with Gasteiger partial charge in [0.05, 0.1) is 0 Å². The highest BCUT2D eigenvalue weighted by Gasteiger charge is 2.06. The molecule has 0 saturated heterocycles. The number of hydrogen-bond acceptors (Lipinski definition) is 2. The van der Waals surface area contributed by atoms with E-state index in [2.05, 4.69) is 4.90 Å². The van der Waals surface area contributed by atoms with Crippen molar-refractivity contribution in [1.82, 2.24) is 4.90 Å². The molecule has 2 N–H and O–H groups in total. The summed E-state index contributed by atoms with van der Waals surface area (Å²) in [7, 11) is 4.05. The Labute approximate surface area is 113 Å². The third kappa shape index (κ3) is 3.40. The smallest absolute Gasteiger partial charge is 0.131 e. The number of halogens is 1. The van der Waals surface area contributed by atoms with Crippen molar-refractivity contribution in [3.05, 3.63) is 59.4 Å². The summed E-state index contributed by atoms with van der Waals surface area (Å²) in [6, 6.07) is 13.0. The molecule has 100 valence electrons. The Hall–Kier alpha value is -1.71. The van der Waals surface area contributed by atoms with Crippen LogP contribution >= 0.6 is 0 Å². The van der Waals surface area contributed by atoms with Gasteiger partial charge in [0.2, 0.25) is 0 Å². The topological polar surface area (TPSA) is 29.3 Å². The van der Waals surface area contributed by atoms with Gasteiger partial charge in [0, 0.05) is 18.7 Å². The van der Waals surface area contributed by atoms with Crippen molar-refractivity contribution >= 4 is 0 Å². The summed E-state index contributed by atoms with van der Waals surface area (Å²) < 4.78 is 13.9. The molecule has 0 unspecified atom stereocenters. The molecular weight excluding hydrogens is 239 g/mol. The molecule has 2 aromatic carbocycles. The molecule has 0 heterocycles. The van der Waals surface area contributed by atoms with E-state index in [4.69, 9.17) is 5.73 Å². The SMILES string of the molecule is CN(C)Cc1ccc(-c2cc(CN)ccc2F)cc1. The summed E-state index contributed by atoms with van der Waals surface area (Å²) in [5, 5.41) is 0. The summed E-state index contributed by atoms with van der Waals surface area (Å²) in [4.78, 5) is 2.10. The minimum Gasteiger partial charge on any atom is -0.326 e. The fourth-order valence-corrected chi connectivity index (χ4v) is 2.08. The first-order valence-corrected chi connectivity index (χ1v) is 6.32. The van der Waals surface area contributed by atoms with Gasteiger partial charge in [-0.1, -0.05) is 30.3 Å². The minimum absolute atomic E-state index is 0.211. The van der Waals surface area contributed by atoms with E-state index >= 15 is 0 Å². The Morgan fingerprint density at radius 3 is 2.21 bits per heavy atom. The second-order valence-electron chi connectivity index (χ2n) is 4.95. The van der Waals surface area contributed by atoms with E-state index < -0.39 is 0 Å². The summed E-state index contributed by atoms with van der Waals surface area (Å²) in [5.41, 5.74) is 9.24. The lowest BCUT2D eigenvalue weighted by Crippen LogP contribution is -2.10. The van der Waals surface area contributed by atoms with Crippen molar-refractivity contribution in [1.29, 1.82) is 0 Å². The molecule has 0 amide bonds. The predicted molar refractivity (Wildman–Crippen MR) is 77.1 cm³/mol. The van der Waals surface area contributed by atoms with Crippen LogP contribution in [0.25, 0.3) is 11.1 Å². The Bertz CT molecular complexity index is 547. The average Bonchev–Trinajstić information content (AvgIpc) is 2.40. The van der Waals surface area contributed by atoms with Crippen molar-refractivity contribution < 1.29 is 4.39 Å². The van der Waals surface area contributed by atoms with Crippen LogP contribution in [0.2, 0.25) is 0 Å². The Kier molecular flexibility index (Phi) is 4.30. The highest BCUT2D eigenvalue weighted by atomic mass is 19.1. The van der Waals surface area contributed by atoms with E-state index in [0.29, 0.717) is 12.1 Å². The molecule has 0 aliphatic rings. The molecule has 0 aliphatic carbocycles. The molecule has 2 nitrogen and oxygen atoms in total. The highest BCUT2D eigenvalue weighted by Crippen LogP contribution is 2.24. The van der Waals surface area contributed by atoms with Crippen molar-refractivity contribution in [2.45, 2.75) is 13.1 Å². The zero-order valence-corrected chi connectivity index (χ0v) is 11.4. The molecule has 2 aromatic rings. The van der Waals surface area contributed by atoms with E-state index in [-0.39, 0.29) is 5.82 Å². The van der Waals surface area contributed by atoms with Gasteiger partial charge in [0.15, 0.2) is 0 Å². The van der Waals surface area contributed by atoms with Crippen LogP contribution in [0.5, 0.6) is 0 Å². The van der Waals surface area contributed by atoms with E-state index in [1.165, 1.54) is 11.6 Å². The average molecular weight is 258 g/mol. The zero-order valence-electron chi connectivity index (χ0n) is 11.4. The zero-order chi connectivity index (χ0) is 13.8. The number of benzene rings is 2. The van der Waals surface area contributed by atoms with E-state index in [1.807, 2.05) is 44.4 Å². The molecule has 0 spiro atoms. The van der Waals surface area contributed by atoms with Crippen LogP contribution in [-0.2, 0) is 13.1 Å². The molecule has 19 heavy (non-hydrogen) atoms. The second-order valence-corrected chi connectivity index (χ2v) is 4.95. The number of nitrogens with zero attached hydrogens (tertiary/aromatic N) is 1. The predicted octanol–water partition coefficient (Wildman–Crippen LogP) is 3.01. The van der Waals surface area contributed by atoms with Gasteiger partial charge in [-0.25, -0.2) is 4.39 Å². The largest absolute Gasteiger partial charge is 0.326 e. The molecule has 0 atom stereocenters. The minimum atomic E-state index is -0.211. The van der Waals surface area contributed by atoms with Gasteiger partial charge in [0.25, 0.3) is 0 Å². The lowest BCUT2D eigenvalue weighted by molar-refractivity contribution is 0.402. The van der Waals surface area contributed by atoms with Gasteiger partial charge in [-0.2, -0.15) is 0 Å². The van der Waals surface area contributed by atoms with Gasteiger partial charge < -0.3 is 10.6 Å². The quantitative estimate of drug-likeness (QED) is 0.913. The first kappa shape index (κ1) is 13.7. The molecule has 0 fully saturated rings. The van der Waals surface area contributed by atoms with Crippen molar-refractivity contribution in [2.24, 2.45) is 5.73 Å². The van der Waals surface area contributed by atoms with Crippen LogP contribution in [0, 0.1) is 5.82 Å². The molecule has 0 bridgehead atoms. The number of rotatable bonds is 4. The third-order valence-corrected chi connectivity index (χ3v) is 3.03. The molecule has 2 rings (SSSR count). The van der Waals surface area contributed by atoms with E-state index in [1.54, 1.807) is 6.07 Å². The van der Waals surface area contributed by atoms with Gasteiger partial charge in [-0.3, -0.25) is 0 Å². The fraction of sp³-hybridized carbons (Fsp3) is 0.250. The van der Waals surface area contributed by atoms with Crippen LogP contribution in [0.15, 0.2) is 42.5 Å². The van der Waals surface area contributed by atoms with Crippen molar-refractivity contribution in [3.63, 3.8) is 0 Å². The Morgan fingerprint density at radius 1 is 1.00 bits per heavy atom. The van der Waals surface area contributed by atoms with Gasteiger partial charge >= 0.3 is 0 Å². The fourth-order valence-electron chi connectivity index (χ4n) is 2.08. The molecule has 3 heteroatoms. The first-order chi connectivity index (χ1) is 9.10. The normalized spacial score (nSPS) is 11.0. The maximum atomic E-state index is 13.9. The van der Waals surface area contributed by atoms with E-state index in [0.717, 1.165) is 17.7 Å². The van der Waals surface area contributed by atoms with Crippen LogP contribution in [-0.4, -0.2) is 19.0 Å². The Morgan fingerprint density at radius 2 is 1.63 bits per heavy atom. The monoisotopic (exact) mass is 258 g/mol. The number of nitrogens with two attached hydrogens (primary N) is 1. The van der Waals surface area contributed by atoms with Gasteiger partial charge in [-0.05, 0) is 42.9 Å². The summed E-state index contributed by atoms with van der Waals surface area (Å²) in [5.74, 6) is -0.211. The Balaban J connectivity index is 2.31. The molecule has 0 aliphatic heterocycles. The lowest BCUT2D eigenvalue weighted by atomic mass is 10.0. The third-order valence-electron chi connectivity index (χ3n) is 3.03. The van der Waals surface area contributed by atoms with Crippen LogP contribution in [0.4, 0.5) is 4.39 Å². The van der Waals surface area contributed by atoms with Crippen LogP contribution in [0.3, 0.4) is 0 Å². The van der Waals surface area contributed by atoms with Gasteiger partial charge in [-0.15, -0.1) is 0 Å². The standard InChI is InChI=1S/C16H19FN2/c1-19(2)11-12-3-6-14(7-4-12)15-9-13(10-18)5-8-16(15)17/h3-9H,10-11,18H2,1-2H3. The first-order valence-electron chi connectivity index (χ1n) is 6.32. The maximum Gasteiger partial charge on any atom is 0.131 e.